The fraction of sp³-hybridized carbons (Fsp3) is 0.533. The van der Waals surface area contributed by atoms with Crippen molar-refractivity contribution in [2.24, 2.45) is 0 Å². The molecule has 0 atom stereocenters. The van der Waals surface area contributed by atoms with Crippen LogP contribution >= 0.6 is 0 Å². The van der Waals surface area contributed by atoms with Gasteiger partial charge in [-0.3, -0.25) is 0 Å². The van der Waals surface area contributed by atoms with Gasteiger partial charge < -0.3 is 5.32 Å². The summed E-state index contributed by atoms with van der Waals surface area (Å²) in [6.07, 6.45) is 5.26. The zero-order valence-corrected chi connectivity index (χ0v) is 10.7. The van der Waals surface area contributed by atoms with Crippen molar-refractivity contribution in [3.63, 3.8) is 0 Å². The van der Waals surface area contributed by atoms with Crippen molar-refractivity contribution in [1.82, 2.24) is 0 Å². The molecule has 0 unspecified atom stereocenters. The van der Waals surface area contributed by atoms with Gasteiger partial charge in [0.15, 0.2) is 0 Å². The Morgan fingerprint density at radius 3 is 2.29 bits per heavy atom. The Bertz CT molecular complexity index is 406. The Hall–Kier alpha value is -1.49. The molecule has 0 aromatic heterocycles. The highest BCUT2D eigenvalue weighted by Gasteiger charge is 2.19. The minimum Gasteiger partial charge on any atom is -0.382 e. The van der Waals surface area contributed by atoms with Crippen LogP contribution in [0, 0.1) is 11.3 Å². The molecule has 1 aromatic carbocycles. The summed E-state index contributed by atoms with van der Waals surface area (Å²) in [6, 6.07) is 11.3. The first kappa shape index (κ1) is 12.0. The summed E-state index contributed by atoms with van der Waals surface area (Å²) in [5.74, 6) is 0. The van der Waals surface area contributed by atoms with Crippen LogP contribution in [-0.4, -0.2) is 6.04 Å². The molecule has 0 aliphatic heterocycles. The molecule has 0 radical (unpaired) electrons. The maximum atomic E-state index is 9.08. The summed E-state index contributed by atoms with van der Waals surface area (Å²) in [6.45, 7) is 3.90. The lowest BCUT2D eigenvalue weighted by Gasteiger charge is -2.18. The molecule has 2 rings (SSSR count). The maximum Gasteiger partial charge on any atom is 0.0766 e. The molecule has 1 aliphatic rings. The molecule has 0 saturated heterocycles. The quantitative estimate of drug-likeness (QED) is 0.853. The lowest BCUT2D eigenvalue weighted by atomic mass is 9.86. The number of benzene rings is 1. The van der Waals surface area contributed by atoms with Crippen LogP contribution in [0.15, 0.2) is 24.3 Å². The van der Waals surface area contributed by atoms with Gasteiger partial charge in [-0.1, -0.05) is 25.0 Å². The van der Waals surface area contributed by atoms with E-state index in [1.807, 2.05) is 13.8 Å². The fourth-order valence-electron chi connectivity index (χ4n) is 2.35. The number of rotatable bonds is 3. The zero-order chi connectivity index (χ0) is 12.3. The molecule has 0 heterocycles. The Kier molecular flexibility index (Phi) is 3.38. The monoisotopic (exact) mass is 228 g/mol. The minimum atomic E-state index is -0.397. The van der Waals surface area contributed by atoms with E-state index in [4.69, 9.17) is 5.26 Å². The van der Waals surface area contributed by atoms with Crippen LogP contribution in [0.2, 0.25) is 0 Å². The molecular formula is C15H20N2. The second-order valence-corrected chi connectivity index (χ2v) is 5.44. The second-order valence-electron chi connectivity index (χ2n) is 5.44. The summed E-state index contributed by atoms with van der Waals surface area (Å²) in [7, 11) is 0. The zero-order valence-electron chi connectivity index (χ0n) is 10.7. The largest absolute Gasteiger partial charge is 0.382 e. The molecule has 1 saturated carbocycles. The SMILES string of the molecule is CC(C)(C#N)c1ccc(NC2CCCC2)cc1. The number of hydrogen-bond acceptors (Lipinski definition) is 2. The minimum absolute atomic E-state index is 0.397. The van der Waals surface area contributed by atoms with Crippen molar-refractivity contribution in [1.29, 1.82) is 5.26 Å². The smallest absolute Gasteiger partial charge is 0.0766 e. The van der Waals surface area contributed by atoms with Crippen molar-refractivity contribution in [3.05, 3.63) is 29.8 Å². The molecule has 90 valence electrons. The number of nitriles is 1. The summed E-state index contributed by atoms with van der Waals surface area (Å²) in [4.78, 5) is 0. The normalized spacial score (nSPS) is 16.8. The third-order valence-electron chi connectivity index (χ3n) is 3.61. The fourth-order valence-corrected chi connectivity index (χ4v) is 2.35. The van der Waals surface area contributed by atoms with E-state index in [9.17, 15) is 0 Å². The Morgan fingerprint density at radius 2 is 1.76 bits per heavy atom. The summed E-state index contributed by atoms with van der Waals surface area (Å²) < 4.78 is 0. The Morgan fingerprint density at radius 1 is 1.18 bits per heavy atom. The van der Waals surface area contributed by atoms with Gasteiger partial charge >= 0.3 is 0 Å². The maximum absolute atomic E-state index is 9.08. The first-order valence-electron chi connectivity index (χ1n) is 6.40. The summed E-state index contributed by atoms with van der Waals surface area (Å²) in [5, 5.41) is 12.6. The van der Waals surface area contributed by atoms with Gasteiger partial charge in [0.25, 0.3) is 0 Å². The lowest BCUT2D eigenvalue weighted by Crippen LogP contribution is -2.16. The molecule has 1 fully saturated rings. The van der Waals surface area contributed by atoms with Crippen LogP contribution in [0.5, 0.6) is 0 Å². The predicted octanol–water partition coefficient (Wildman–Crippen LogP) is 3.84. The molecule has 2 nitrogen and oxygen atoms in total. The van der Waals surface area contributed by atoms with Gasteiger partial charge in [0.2, 0.25) is 0 Å². The van der Waals surface area contributed by atoms with E-state index in [1.54, 1.807) is 0 Å². The first-order chi connectivity index (χ1) is 8.12. The van der Waals surface area contributed by atoms with Gasteiger partial charge in [0.05, 0.1) is 11.5 Å². The average Bonchev–Trinajstić information content (AvgIpc) is 2.83. The molecule has 17 heavy (non-hydrogen) atoms. The molecule has 0 spiro atoms. The highest BCUT2D eigenvalue weighted by atomic mass is 14.9. The molecule has 0 bridgehead atoms. The average molecular weight is 228 g/mol. The van der Waals surface area contributed by atoms with Crippen molar-refractivity contribution in [2.45, 2.75) is 51.0 Å². The molecular weight excluding hydrogens is 208 g/mol. The summed E-state index contributed by atoms with van der Waals surface area (Å²) >= 11 is 0. The van der Waals surface area contributed by atoms with Crippen molar-refractivity contribution in [2.75, 3.05) is 5.32 Å². The Labute approximate surface area is 104 Å². The highest BCUT2D eigenvalue weighted by molar-refractivity contribution is 5.47. The van der Waals surface area contributed by atoms with Crippen LogP contribution in [0.4, 0.5) is 5.69 Å². The van der Waals surface area contributed by atoms with E-state index in [2.05, 4.69) is 35.7 Å². The third-order valence-corrected chi connectivity index (χ3v) is 3.61. The highest BCUT2D eigenvalue weighted by Crippen LogP contribution is 2.26. The number of anilines is 1. The third kappa shape index (κ3) is 2.79. The van der Waals surface area contributed by atoms with Crippen LogP contribution in [0.25, 0.3) is 0 Å². The van der Waals surface area contributed by atoms with E-state index < -0.39 is 5.41 Å². The van der Waals surface area contributed by atoms with Crippen LogP contribution in [0.3, 0.4) is 0 Å². The summed E-state index contributed by atoms with van der Waals surface area (Å²) in [5.41, 5.74) is 1.86. The topological polar surface area (TPSA) is 35.8 Å². The Balaban J connectivity index is 2.05. The van der Waals surface area contributed by atoms with E-state index in [0.29, 0.717) is 6.04 Å². The van der Waals surface area contributed by atoms with Crippen LogP contribution < -0.4 is 5.32 Å². The van der Waals surface area contributed by atoms with Gasteiger partial charge in [-0.05, 0) is 44.4 Å². The first-order valence-corrected chi connectivity index (χ1v) is 6.40. The van der Waals surface area contributed by atoms with Crippen LogP contribution in [0.1, 0.15) is 45.1 Å². The van der Waals surface area contributed by atoms with Gasteiger partial charge in [-0.2, -0.15) is 5.26 Å². The second kappa shape index (κ2) is 4.79. The number of nitrogens with one attached hydrogen (secondary N) is 1. The van der Waals surface area contributed by atoms with Crippen molar-refractivity contribution in [3.8, 4) is 6.07 Å². The van der Waals surface area contributed by atoms with Gasteiger partial charge in [0.1, 0.15) is 0 Å². The van der Waals surface area contributed by atoms with Crippen molar-refractivity contribution < 1.29 is 0 Å². The number of nitrogens with zero attached hydrogens (tertiary/aromatic N) is 1. The van der Waals surface area contributed by atoms with E-state index in [0.717, 1.165) is 5.56 Å². The molecule has 0 amide bonds. The molecule has 1 N–H and O–H groups in total. The standard InChI is InChI=1S/C15H20N2/c1-15(2,11-16)12-7-9-14(10-8-12)17-13-5-3-4-6-13/h7-10,13,17H,3-6H2,1-2H3. The van der Waals surface area contributed by atoms with Crippen LogP contribution in [-0.2, 0) is 5.41 Å². The lowest BCUT2D eigenvalue weighted by molar-refractivity contribution is 0.686. The van der Waals surface area contributed by atoms with Gasteiger partial charge in [-0.25, -0.2) is 0 Å². The molecule has 1 aliphatic carbocycles. The van der Waals surface area contributed by atoms with E-state index in [1.165, 1.54) is 31.4 Å². The van der Waals surface area contributed by atoms with Crippen molar-refractivity contribution >= 4 is 5.69 Å². The predicted molar refractivity (Wildman–Crippen MR) is 71.0 cm³/mol. The van der Waals surface area contributed by atoms with E-state index in [-0.39, 0.29) is 0 Å². The van der Waals surface area contributed by atoms with Gasteiger partial charge in [0, 0.05) is 11.7 Å². The van der Waals surface area contributed by atoms with Gasteiger partial charge in [-0.15, -0.1) is 0 Å². The molecule has 1 aromatic rings. The molecule has 2 heteroatoms. The number of hydrogen-bond donors (Lipinski definition) is 1. The van der Waals surface area contributed by atoms with E-state index >= 15 is 0 Å².